The monoisotopic (exact) mass is 375 g/mol. The summed E-state index contributed by atoms with van der Waals surface area (Å²) in [6, 6.07) is 22.1. The molecule has 28 heavy (non-hydrogen) atoms. The standard InChI is InChI=1S/C23H25N3O2/c1-17(16-23(2,3)18-10-6-4-7-11-18)24-22(28)20-14-15-21(27)26(25-20)19-12-8-5-9-13-19/h4-15,17H,16H2,1-3H3,(H,24,28). The molecule has 0 spiro atoms. The fraction of sp³-hybridized carbons (Fsp3) is 0.261. The van der Waals surface area contributed by atoms with Gasteiger partial charge in [0.05, 0.1) is 5.69 Å². The Kier molecular flexibility index (Phi) is 5.73. The van der Waals surface area contributed by atoms with Crippen molar-refractivity contribution >= 4 is 5.91 Å². The summed E-state index contributed by atoms with van der Waals surface area (Å²) in [5.41, 5.74) is 1.71. The van der Waals surface area contributed by atoms with Gasteiger partial charge < -0.3 is 5.32 Å². The SMILES string of the molecule is CC(CC(C)(C)c1ccccc1)NC(=O)c1ccc(=O)n(-c2ccccc2)n1. The number of carbonyl (C=O) groups is 1. The van der Waals surface area contributed by atoms with Crippen molar-refractivity contribution in [2.45, 2.75) is 38.6 Å². The molecule has 1 atom stereocenters. The summed E-state index contributed by atoms with van der Waals surface area (Å²) in [6.45, 7) is 6.31. The van der Waals surface area contributed by atoms with Crippen molar-refractivity contribution in [1.82, 2.24) is 15.1 Å². The molecule has 0 bridgehead atoms. The summed E-state index contributed by atoms with van der Waals surface area (Å²) in [4.78, 5) is 24.8. The Morgan fingerprint density at radius 2 is 1.61 bits per heavy atom. The number of para-hydroxylation sites is 1. The van der Waals surface area contributed by atoms with Crippen LogP contribution in [-0.4, -0.2) is 21.7 Å². The molecule has 1 N–H and O–H groups in total. The molecule has 1 heterocycles. The Labute approximate surface area is 165 Å². The highest BCUT2D eigenvalue weighted by Crippen LogP contribution is 2.28. The van der Waals surface area contributed by atoms with Crippen molar-refractivity contribution in [1.29, 1.82) is 0 Å². The van der Waals surface area contributed by atoms with Gasteiger partial charge in [-0.25, -0.2) is 0 Å². The van der Waals surface area contributed by atoms with Crippen molar-refractivity contribution in [2.75, 3.05) is 0 Å². The predicted molar refractivity (Wildman–Crippen MR) is 111 cm³/mol. The van der Waals surface area contributed by atoms with Crippen molar-refractivity contribution in [3.05, 3.63) is 94.4 Å². The van der Waals surface area contributed by atoms with Gasteiger partial charge in [-0.3, -0.25) is 9.59 Å². The van der Waals surface area contributed by atoms with E-state index in [1.165, 1.54) is 22.4 Å². The number of carbonyl (C=O) groups excluding carboxylic acids is 1. The molecule has 1 unspecified atom stereocenters. The van der Waals surface area contributed by atoms with Gasteiger partial charge in [0, 0.05) is 12.1 Å². The van der Waals surface area contributed by atoms with E-state index in [1.807, 2.05) is 43.3 Å². The second-order valence-electron chi connectivity index (χ2n) is 7.63. The number of rotatable bonds is 6. The number of benzene rings is 2. The molecule has 3 aromatic rings. The summed E-state index contributed by atoms with van der Waals surface area (Å²) in [7, 11) is 0. The minimum Gasteiger partial charge on any atom is -0.348 e. The van der Waals surface area contributed by atoms with Gasteiger partial charge in [-0.2, -0.15) is 9.78 Å². The molecule has 3 rings (SSSR count). The van der Waals surface area contributed by atoms with Gasteiger partial charge in [-0.1, -0.05) is 62.4 Å². The molecule has 2 aromatic carbocycles. The number of nitrogens with one attached hydrogen (secondary N) is 1. The van der Waals surface area contributed by atoms with Crippen LogP contribution in [0, 0.1) is 0 Å². The zero-order valence-electron chi connectivity index (χ0n) is 16.4. The third kappa shape index (κ3) is 4.55. The predicted octanol–water partition coefficient (Wildman–Crippen LogP) is 3.72. The van der Waals surface area contributed by atoms with E-state index in [0.717, 1.165) is 6.42 Å². The molecule has 0 fully saturated rings. The van der Waals surface area contributed by atoms with E-state index in [-0.39, 0.29) is 28.6 Å². The second-order valence-corrected chi connectivity index (χ2v) is 7.63. The smallest absolute Gasteiger partial charge is 0.271 e. The van der Waals surface area contributed by atoms with Crippen LogP contribution in [0.25, 0.3) is 5.69 Å². The molecular weight excluding hydrogens is 350 g/mol. The molecule has 0 radical (unpaired) electrons. The first kappa shape index (κ1) is 19.5. The van der Waals surface area contributed by atoms with Crippen molar-refractivity contribution < 1.29 is 4.79 Å². The van der Waals surface area contributed by atoms with Crippen LogP contribution in [-0.2, 0) is 5.41 Å². The second kappa shape index (κ2) is 8.21. The number of aromatic nitrogens is 2. The highest BCUT2D eigenvalue weighted by atomic mass is 16.2. The van der Waals surface area contributed by atoms with E-state index in [9.17, 15) is 9.59 Å². The van der Waals surface area contributed by atoms with Crippen LogP contribution in [0.2, 0.25) is 0 Å². The maximum atomic E-state index is 12.7. The molecule has 0 aliphatic carbocycles. The third-order valence-electron chi connectivity index (χ3n) is 4.78. The summed E-state index contributed by atoms with van der Waals surface area (Å²) in [5.74, 6) is -0.291. The quantitative estimate of drug-likeness (QED) is 0.714. The Bertz CT molecular complexity index is 995. The fourth-order valence-corrected chi connectivity index (χ4v) is 3.41. The summed E-state index contributed by atoms with van der Waals surface area (Å²) in [5, 5.41) is 7.25. The highest BCUT2D eigenvalue weighted by molar-refractivity contribution is 5.92. The number of amides is 1. The molecule has 5 heteroatoms. The van der Waals surface area contributed by atoms with Crippen LogP contribution in [0.3, 0.4) is 0 Å². The van der Waals surface area contributed by atoms with E-state index in [4.69, 9.17) is 0 Å². The third-order valence-corrected chi connectivity index (χ3v) is 4.78. The zero-order valence-corrected chi connectivity index (χ0v) is 16.4. The molecule has 1 aromatic heterocycles. The minimum absolute atomic E-state index is 0.0541. The van der Waals surface area contributed by atoms with Crippen LogP contribution in [0.15, 0.2) is 77.6 Å². The van der Waals surface area contributed by atoms with Crippen LogP contribution in [0.1, 0.15) is 43.2 Å². The van der Waals surface area contributed by atoms with E-state index in [2.05, 4.69) is 36.4 Å². The molecule has 1 amide bonds. The van der Waals surface area contributed by atoms with Crippen LogP contribution >= 0.6 is 0 Å². The van der Waals surface area contributed by atoms with Gasteiger partial charge in [0.2, 0.25) is 0 Å². The molecule has 144 valence electrons. The van der Waals surface area contributed by atoms with Gasteiger partial charge in [0.15, 0.2) is 0 Å². The van der Waals surface area contributed by atoms with E-state index < -0.39 is 0 Å². The number of hydrogen-bond acceptors (Lipinski definition) is 3. The topological polar surface area (TPSA) is 64.0 Å². The lowest BCUT2D eigenvalue weighted by atomic mass is 9.79. The van der Waals surface area contributed by atoms with Crippen molar-refractivity contribution in [2.24, 2.45) is 0 Å². The average molecular weight is 375 g/mol. The van der Waals surface area contributed by atoms with E-state index in [1.54, 1.807) is 12.1 Å². The Morgan fingerprint density at radius 3 is 2.25 bits per heavy atom. The van der Waals surface area contributed by atoms with Gasteiger partial charge in [0.25, 0.3) is 11.5 Å². The molecule has 0 saturated carbocycles. The summed E-state index contributed by atoms with van der Waals surface area (Å²) >= 11 is 0. The first-order chi connectivity index (χ1) is 13.4. The largest absolute Gasteiger partial charge is 0.348 e. The lowest BCUT2D eigenvalue weighted by Crippen LogP contribution is -2.38. The van der Waals surface area contributed by atoms with Crippen LogP contribution in [0.4, 0.5) is 0 Å². The lowest BCUT2D eigenvalue weighted by Gasteiger charge is -2.29. The Balaban J connectivity index is 1.73. The maximum Gasteiger partial charge on any atom is 0.271 e. The van der Waals surface area contributed by atoms with Gasteiger partial charge in [-0.05, 0) is 42.5 Å². The molecule has 0 aliphatic rings. The molecule has 5 nitrogen and oxygen atoms in total. The number of nitrogens with zero attached hydrogens (tertiary/aromatic N) is 2. The number of hydrogen-bond donors (Lipinski definition) is 1. The zero-order chi connectivity index (χ0) is 20.1. The molecule has 0 aliphatic heterocycles. The van der Waals surface area contributed by atoms with Gasteiger partial charge >= 0.3 is 0 Å². The van der Waals surface area contributed by atoms with Gasteiger partial charge in [-0.15, -0.1) is 0 Å². The van der Waals surface area contributed by atoms with Crippen LogP contribution < -0.4 is 10.9 Å². The average Bonchev–Trinajstić information content (AvgIpc) is 2.69. The van der Waals surface area contributed by atoms with Crippen molar-refractivity contribution in [3.8, 4) is 5.69 Å². The highest BCUT2D eigenvalue weighted by Gasteiger charge is 2.24. The first-order valence-electron chi connectivity index (χ1n) is 9.39. The first-order valence-corrected chi connectivity index (χ1v) is 9.39. The molecular formula is C23H25N3O2. The summed E-state index contributed by atoms with van der Waals surface area (Å²) < 4.78 is 1.24. The van der Waals surface area contributed by atoms with E-state index >= 15 is 0 Å². The van der Waals surface area contributed by atoms with Gasteiger partial charge in [0.1, 0.15) is 5.69 Å². The van der Waals surface area contributed by atoms with Crippen molar-refractivity contribution in [3.63, 3.8) is 0 Å². The Hall–Kier alpha value is -3.21. The fourth-order valence-electron chi connectivity index (χ4n) is 3.41. The minimum atomic E-state index is -0.291. The summed E-state index contributed by atoms with van der Waals surface area (Å²) in [6.07, 6.45) is 0.779. The normalized spacial score (nSPS) is 12.4. The van der Waals surface area contributed by atoms with E-state index in [0.29, 0.717) is 5.69 Å². The molecule has 0 saturated heterocycles. The Morgan fingerprint density at radius 1 is 1.00 bits per heavy atom. The van der Waals surface area contributed by atoms with Crippen LogP contribution in [0.5, 0.6) is 0 Å². The lowest BCUT2D eigenvalue weighted by molar-refractivity contribution is 0.0927. The maximum absolute atomic E-state index is 12.7.